The third-order valence-electron chi connectivity index (χ3n) is 2.42. The van der Waals surface area contributed by atoms with Crippen molar-refractivity contribution >= 4 is 24.8 Å². The maximum Gasteiger partial charge on any atom is 0.101 e. The lowest BCUT2D eigenvalue weighted by Crippen LogP contribution is -2.34. The van der Waals surface area contributed by atoms with Gasteiger partial charge in [0, 0.05) is 31.5 Å². The van der Waals surface area contributed by atoms with Crippen molar-refractivity contribution in [2.45, 2.75) is 25.0 Å². The van der Waals surface area contributed by atoms with Crippen LogP contribution < -0.4 is 5.73 Å². The third kappa shape index (κ3) is 3.34. The predicted molar refractivity (Wildman–Crippen MR) is 63.6 cm³/mol. The van der Waals surface area contributed by atoms with E-state index < -0.39 is 0 Å². The number of hydrogen-bond acceptors (Lipinski definition) is 3. The van der Waals surface area contributed by atoms with Crippen LogP contribution in [0.4, 0.5) is 0 Å². The lowest BCUT2D eigenvalue weighted by molar-refractivity contribution is 0.000107. The van der Waals surface area contributed by atoms with Gasteiger partial charge in [-0.15, -0.1) is 24.8 Å². The maximum absolute atomic E-state index is 5.96. The van der Waals surface area contributed by atoms with E-state index in [-0.39, 0.29) is 37.0 Å². The number of nitrogens with zero attached hydrogens (tertiary/aromatic N) is 2. The molecule has 0 aromatic carbocycles. The van der Waals surface area contributed by atoms with Crippen LogP contribution in [-0.4, -0.2) is 22.4 Å². The molecule has 1 aliphatic heterocycles. The summed E-state index contributed by atoms with van der Waals surface area (Å²) in [6.07, 6.45) is 5.95. The highest BCUT2D eigenvalue weighted by Gasteiger charge is 2.24. The summed E-state index contributed by atoms with van der Waals surface area (Å²) in [6, 6.07) is 0.123. The van der Waals surface area contributed by atoms with Crippen LogP contribution in [0, 0.1) is 0 Å². The highest BCUT2D eigenvalue weighted by atomic mass is 35.5. The second-order valence-corrected chi connectivity index (χ2v) is 3.54. The van der Waals surface area contributed by atoms with E-state index in [2.05, 4.69) is 5.10 Å². The quantitative estimate of drug-likeness (QED) is 0.825. The van der Waals surface area contributed by atoms with Crippen molar-refractivity contribution in [2.24, 2.45) is 12.8 Å². The summed E-state index contributed by atoms with van der Waals surface area (Å²) in [7, 11) is 1.90. The fourth-order valence-corrected chi connectivity index (χ4v) is 1.73. The van der Waals surface area contributed by atoms with E-state index in [9.17, 15) is 0 Å². The molecule has 1 aliphatic rings. The van der Waals surface area contributed by atoms with Crippen molar-refractivity contribution in [3.63, 3.8) is 0 Å². The fourth-order valence-electron chi connectivity index (χ4n) is 1.73. The summed E-state index contributed by atoms with van der Waals surface area (Å²) < 4.78 is 7.39. The Labute approximate surface area is 102 Å². The van der Waals surface area contributed by atoms with Crippen molar-refractivity contribution in [3.8, 4) is 0 Å². The zero-order valence-corrected chi connectivity index (χ0v) is 10.3. The van der Waals surface area contributed by atoms with E-state index >= 15 is 0 Å². The molecule has 1 fully saturated rings. The Morgan fingerprint density at radius 2 is 2.27 bits per heavy atom. The SMILES string of the molecule is Cl.Cl.Cn1cc([C@@H]2OCCC[C@H]2N)cn1. The number of aryl methyl sites for hydroxylation is 1. The molecule has 0 amide bonds. The Morgan fingerprint density at radius 1 is 1.53 bits per heavy atom. The smallest absolute Gasteiger partial charge is 0.101 e. The van der Waals surface area contributed by atoms with Gasteiger partial charge in [-0.05, 0) is 12.8 Å². The van der Waals surface area contributed by atoms with E-state index in [1.807, 2.05) is 19.4 Å². The molecule has 2 N–H and O–H groups in total. The predicted octanol–water partition coefficient (Wildman–Crippen LogP) is 1.44. The Morgan fingerprint density at radius 3 is 2.80 bits per heavy atom. The molecule has 15 heavy (non-hydrogen) atoms. The van der Waals surface area contributed by atoms with Gasteiger partial charge < -0.3 is 10.5 Å². The zero-order valence-electron chi connectivity index (χ0n) is 8.63. The largest absolute Gasteiger partial charge is 0.372 e. The van der Waals surface area contributed by atoms with Gasteiger partial charge in [0.05, 0.1) is 6.20 Å². The molecular formula is C9H17Cl2N3O. The molecule has 1 aromatic rings. The highest BCUT2D eigenvalue weighted by Crippen LogP contribution is 2.26. The van der Waals surface area contributed by atoms with Crippen molar-refractivity contribution in [1.29, 1.82) is 0 Å². The summed E-state index contributed by atoms with van der Waals surface area (Å²) in [6.45, 7) is 0.813. The lowest BCUT2D eigenvalue weighted by atomic mass is 9.99. The first-order valence-electron chi connectivity index (χ1n) is 4.63. The Kier molecular flexibility index (Phi) is 6.20. The molecule has 88 valence electrons. The average Bonchev–Trinajstić information content (AvgIpc) is 2.53. The molecule has 0 saturated carbocycles. The van der Waals surface area contributed by atoms with E-state index in [0.29, 0.717) is 0 Å². The van der Waals surface area contributed by atoms with Gasteiger partial charge in [-0.3, -0.25) is 4.68 Å². The van der Waals surface area contributed by atoms with Crippen molar-refractivity contribution in [2.75, 3.05) is 6.61 Å². The third-order valence-corrected chi connectivity index (χ3v) is 2.42. The number of aromatic nitrogens is 2. The summed E-state index contributed by atoms with van der Waals surface area (Å²) in [5.41, 5.74) is 7.05. The molecule has 1 saturated heterocycles. The van der Waals surface area contributed by atoms with Crippen LogP contribution in [0.1, 0.15) is 24.5 Å². The Hall–Kier alpha value is -0.290. The minimum absolute atomic E-state index is 0. The molecule has 2 atom stereocenters. The summed E-state index contributed by atoms with van der Waals surface area (Å²) >= 11 is 0. The first kappa shape index (κ1) is 14.7. The maximum atomic E-state index is 5.96. The molecule has 2 heterocycles. The minimum atomic E-state index is 0. The van der Waals surface area contributed by atoms with Gasteiger partial charge in [0.15, 0.2) is 0 Å². The standard InChI is InChI=1S/C9H15N3O.2ClH/c1-12-6-7(5-11-12)9-8(10)3-2-4-13-9;;/h5-6,8-9H,2-4,10H2,1H3;2*1H/t8-,9+;;/m1../s1. The van der Waals surface area contributed by atoms with E-state index in [1.165, 1.54) is 0 Å². The van der Waals surface area contributed by atoms with Gasteiger partial charge in [0.25, 0.3) is 0 Å². The fraction of sp³-hybridized carbons (Fsp3) is 0.667. The topological polar surface area (TPSA) is 53.1 Å². The Bertz CT molecular complexity index is 293. The van der Waals surface area contributed by atoms with Gasteiger partial charge >= 0.3 is 0 Å². The molecule has 0 aliphatic carbocycles. The van der Waals surface area contributed by atoms with Crippen LogP contribution in [0.2, 0.25) is 0 Å². The number of halogens is 2. The van der Waals surface area contributed by atoms with E-state index in [0.717, 1.165) is 25.0 Å². The van der Waals surface area contributed by atoms with Gasteiger partial charge in [0.1, 0.15) is 6.10 Å². The van der Waals surface area contributed by atoms with Gasteiger partial charge in [-0.1, -0.05) is 0 Å². The zero-order chi connectivity index (χ0) is 9.26. The van der Waals surface area contributed by atoms with Crippen LogP contribution in [-0.2, 0) is 11.8 Å². The summed E-state index contributed by atoms with van der Waals surface area (Å²) in [5, 5.41) is 4.11. The van der Waals surface area contributed by atoms with Crippen LogP contribution in [0.5, 0.6) is 0 Å². The molecule has 0 unspecified atom stereocenters. The van der Waals surface area contributed by atoms with E-state index in [4.69, 9.17) is 10.5 Å². The van der Waals surface area contributed by atoms with Gasteiger partial charge in [0.2, 0.25) is 0 Å². The first-order valence-corrected chi connectivity index (χ1v) is 4.63. The molecule has 4 nitrogen and oxygen atoms in total. The van der Waals surface area contributed by atoms with Crippen molar-refractivity contribution in [3.05, 3.63) is 18.0 Å². The molecule has 6 heteroatoms. The molecule has 0 radical (unpaired) electrons. The van der Waals surface area contributed by atoms with Crippen molar-refractivity contribution in [1.82, 2.24) is 9.78 Å². The first-order chi connectivity index (χ1) is 6.27. The number of hydrogen-bond donors (Lipinski definition) is 1. The normalized spacial score (nSPS) is 25.2. The molecule has 2 rings (SSSR count). The molecule has 1 aromatic heterocycles. The molecule has 0 spiro atoms. The minimum Gasteiger partial charge on any atom is -0.372 e. The average molecular weight is 254 g/mol. The highest BCUT2D eigenvalue weighted by molar-refractivity contribution is 5.85. The summed E-state index contributed by atoms with van der Waals surface area (Å²) in [4.78, 5) is 0. The van der Waals surface area contributed by atoms with Crippen LogP contribution >= 0.6 is 24.8 Å². The summed E-state index contributed by atoms with van der Waals surface area (Å²) in [5.74, 6) is 0. The van der Waals surface area contributed by atoms with Crippen LogP contribution in [0.25, 0.3) is 0 Å². The van der Waals surface area contributed by atoms with Crippen molar-refractivity contribution < 1.29 is 4.74 Å². The van der Waals surface area contributed by atoms with Gasteiger partial charge in [-0.2, -0.15) is 5.10 Å². The number of rotatable bonds is 1. The second-order valence-electron chi connectivity index (χ2n) is 3.54. The molecular weight excluding hydrogens is 237 g/mol. The van der Waals surface area contributed by atoms with E-state index in [1.54, 1.807) is 4.68 Å². The molecule has 0 bridgehead atoms. The lowest BCUT2D eigenvalue weighted by Gasteiger charge is -2.27. The van der Waals surface area contributed by atoms with Gasteiger partial charge in [-0.25, -0.2) is 0 Å². The number of ether oxygens (including phenoxy) is 1. The monoisotopic (exact) mass is 253 g/mol. The van der Waals surface area contributed by atoms with Crippen LogP contribution in [0.3, 0.4) is 0 Å². The van der Waals surface area contributed by atoms with Crippen LogP contribution in [0.15, 0.2) is 12.4 Å². The number of nitrogens with two attached hydrogens (primary N) is 1. The second kappa shape index (κ2) is 6.33. The Balaban J connectivity index is 0.000000980.